The number of rotatable bonds is 1. The largest absolute Gasteiger partial charge is 0.281 e. The summed E-state index contributed by atoms with van der Waals surface area (Å²) in [6, 6.07) is 12.0. The molecule has 0 radical (unpaired) electrons. The van der Waals surface area contributed by atoms with Crippen LogP contribution in [0, 0.1) is 6.92 Å². The summed E-state index contributed by atoms with van der Waals surface area (Å²) < 4.78 is 3.12. The highest BCUT2D eigenvalue weighted by atomic mass is 79.9. The molecule has 0 amide bonds. The van der Waals surface area contributed by atoms with Crippen molar-refractivity contribution in [3.05, 3.63) is 52.9 Å². The van der Waals surface area contributed by atoms with Gasteiger partial charge in [-0.2, -0.15) is 0 Å². The second-order valence-corrected chi connectivity index (χ2v) is 4.73. The van der Waals surface area contributed by atoms with Crippen LogP contribution in [-0.2, 0) is 0 Å². The first kappa shape index (κ1) is 10.5. The fraction of sp³-hybridized carbons (Fsp3) is 0.0769. The normalized spacial score (nSPS) is 10.9. The molecule has 2 heterocycles. The van der Waals surface area contributed by atoms with Crippen LogP contribution in [0.4, 0.5) is 0 Å². The number of hydrogen-bond acceptors (Lipinski definition) is 2. The van der Waals surface area contributed by atoms with Crippen LogP contribution in [0.5, 0.6) is 0 Å². The van der Waals surface area contributed by atoms with Crippen molar-refractivity contribution in [3.63, 3.8) is 0 Å². The van der Waals surface area contributed by atoms with E-state index in [9.17, 15) is 0 Å². The lowest BCUT2D eigenvalue weighted by molar-refractivity contribution is 0.987. The van der Waals surface area contributed by atoms with E-state index in [2.05, 4.69) is 30.5 Å². The Bertz CT molecular complexity index is 671. The van der Waals surface area contributed by atoms with Gasteiger partial charge in [0.05, 0.1) is 0 Å². The van der Waals surface area contributed by atoms with Gasteiger partial charge in [0.25, 0.3) is 0 Å². The molecule has 0 aliphatic carbocycles. The van der Waals surface area contributed by atoms with Gasteiger partial charge < -0.3 is 0 Å². The molecule has 84 valence electrons. The molecule has 0 fully saturated rings. The van der Waals surface area contributed by atoms with E-state index >= 15 is 0 Å². The average molecular weight is 288 g/mol. The Kier molecular flexibility index (Phi) is 2.44. The van der Waals surface area contributed by atoms with E-state index in [1.165, 1.54) is 0 Å². The Morgan fingerprint density at radius 2 is 1.88 bits per heavy atom. The Morgan fingerprint density at radius 1 is 1.12 bits per heavy atom. The molecule has 0 aliphatic heterocycles. The highest BCUT2D eigenvalue weighted by molar-refractivity contribution is 9.10. The predicted molar refractivity (Wildman–Crippen MR) is 71.3 cm³/mol. The van der Waals surface area contributed by atoms with Gasteiger partial charge in [-0.05, 0) is 43.3 Å². The van der Waals surface area contributed by atoms with Crippen molar-refractivity contribution in [3.8, 4) is 5.69 Å². The number of aromatic nitrogens is 3. The van der Waals surface area contributed by atoms with Gasteiger partial charge >= 0.3 is 0 Å². The monoisotopic (exact) mass is 287 g/mol. The van der Waals surface area contributed by atoms with Crippen molar-refractivity contribution < 1.29 is 0 Å². The highest BCUT2D eigenvalue weighted by Crippen LogP contribution is 2.20. The van der Waals surface area contributed by atoms with E-state index in [1.807, 2.05) is 43.3 Å². The summed E-state index contributed by atoms with van der Waals surface area (Å²) >= 11 is 3.44. The van der Waals surface area contributed by atoms with Crippen LogP contribution in [0.15, 0.2) is 47.1 Å². The lowest BCUT2D eigenvalue weighted by atomic mass is 10.3. The molecule has 0 saturated heterocycles. The number of imidazole rings is 1. The molecular formula is C13H10BrN3. The molecular weight excluding hydrogens is 278 g/mol. The van der Waals surface area contributed by atoms with Gasteiger partial charge in [-0.15, -0.1) is 0 Å². The van der Waals surface area contributed by atoms with Crippen LogP contribution in [0.3, 0.4) is 0 Å². The average Bonchev–Trinajstić information content (AvgIpc) is 2.66. The zero-order chi connectivity index (χ0) is 11.8. The van der Waals surface area contributed by atoms with Crippen molar-refractivity contribution in [2.45, 2.75) is 6.92 Å². The Morgan fingerprint density at radius 3 is 2.65 bits per heavy atom. The summed E-state index contributed by atoms with van der Waals surface area (Å²) in [5, 5.41) is 0. The minimum atomic E-state index is 0.896. The molecule has 0 unspecified atom stereocenters. The number of benzene rings is 1. The SMILES string of the molecule is Cc1nc2cccnc2n1-c1ccc(Br)cc1. The zero-order valence-corrected chi connectivity index (χ0v) is 10.8. The first-order valence-electron chi connectivity index (χ1n) is 5.32. The van der Waals surface area contributed by atoms with Gasteiger partial charge in [0.1, 0.15) is 11.3 Å². The van der Waals surface area contributed by atoms with E-state index in [-0.39, 0.29) is 0 Å². The minimum Gasteiger partial charge on any atom is -0.281 e. The molecule has 0 bridgehead atoms. The van der Waals surface area contributed by atoms with Crippen molar-refractivity contribution in [1.29, 1.82) is 0 Å². The molecule has 0 aliphatic rings. The summed E-state index contributed by atoms with van der Waals surface area (Å²) in [6.07, 6.45) is 1.79. The molecule has 0 spiro atoms. The zero-order valence-electron chi connectivity index (χ0n) is 9.26. The van der Waals surface area contributed by atoms with E-state index < -0.39 is 0 Å². The van der Waals surface area contributed by atoms with Crippen LogP contribution >= 0.6 is 15.9 Å². The van der Waals surface area contributed by atoms with Crippen LogP contribution < -0.4 is 0 Å². The molecule has 0 saturated carbocycles. The summed E-state index contributed by atoms with van der Waals surface area (Å²) in [7, 11) is 0. The third-order valence-electron chi connectivity index (χ3n) is 2.67. The molecule has 3 aromatic rings. The lowest BCUT2D eigenvalue weighted by Gasteiger charge is -2.05. The number of hydrogen-bond donors (Lipinski definition) is 0. The Labute approximate surface area is 107 Å². The fourth-order valence-electron chi connectivity index (χ4n) is 1.92. The summed E-state index contributed by atoms with van der Waals surface area (Å²) in [5.41, 5.74) is 2.90. The standard InChI is InChI=1S/C13H10BrN3/c1-9-16-12-3-2-8-15-13(12)17(9)11-6-4-10(14)5-7-11/h2-8H,1H3. The minimum absolute atomic E-state index is 0.896. The van der Waals surface area contributed by atoms with E-state index in [0.717, 1.165) is 27.1 Å². The number of nitrogens with zero attached hydrogens (tertiary/aromatic N) is 3. The van der Waals surface area contributed by atoms with Crippen molar-refractivity contribution in [1.82, 2.24) is 14.5 Å². The van der Waals surface area contributed by atoms with E-state index in [4.69, 9.17) is 0 Å². The summed E-state index contributed by atoms with van der Waals surface area (Å²) in [4.78, 5) is 8.89. The molecule has 3 rings (SSSR count). The molecule has 3 nitrogen and oxygen atoms in total. The predicted octanol–water partition coefficient (Wildman–Crippen LogP) is 3.49. The number of fused-ring (bicyclic) bond motifs is 1. The molecule has 0 N–H and O–H groups in total. The topological polar surface area (TPSA) is 30.7 Å². The molecule has 2 aromatic heterocycles. The molecule has 1 aromatic carbocycles. The van der Waals surface area contributed by atoms with Gasteiger partial charge in [0.2, 0.25) is 0 Å². The smallest absolute Gasteiger partial charge is 0.164 e. The van der Waals surface area contributed by atoms with E-state index in [1.54, 1.807) is 6.20 Å². The maximum absolute atomic E-state index is 4.50. The van der Waals surface area contributed by atoms with Gasteiger partial charge in [-0.1, -0.05) is 15.9 Å². The van der Waals surface area contributed by atoms with Gasteiger partial charge in [0.15, 0.2) is 5.65 Å². The van der Waals surface area contributed by atoms with Crippen molar-refractivity contribution in [2.75, 3.05) is 0 Å². The van der Waals surface area contributed by atoms with Crippen LogP contribution in [0.1, 0.15) is 5.82 Å². The lowest BCUT2D eigenvalue weighted by Crippen LogP contribution is -1.97. The quantitative estimate of drug-likeness (QED) is 0.686. The first-order valence-corrected chi connectivity index (χ1v) is 6.11. The first-order chi connectivity index (χ1) is 8.25. The van der Waals surface area contributed by atoms with Crippen LogP contribution in [0.2, 0.25) is 0 Å². The number of aryl methyl sites for hydroxylation is 1. The van der Waals surface area contributed by atoms with Crippen molar-refractivity contribution >= 4 is 27.1 Å². The number of pyridine rings is 1. The molecule has 4 heteroatoms. The fourth-order valence-corrected chi connectivity index (χ4v) is 2.19. The summed E-state index contributed by atoms with van der Waals surface area (Å²) in [5.74, 6) is 0.945. The van der Waals surface area contributed by atoms with Gasteiger partial charge in [-0.3, -0.25) is 4.57 Å². The summed E-state index contributed by atoms with van der Waals surface area (Å²) in [6.45, 7) is 1.99. The van der Waals surface area contributed by atoms with Gasteiger partial charge in [-0.25, -0.2) is 9.97 Å². The van der Waals surface area contributed by atoms with Crippen LogP contribution in [-0.4, -0.2) is 14.5 Å². The molecule has 0 atom stereocenters. The maximum Gasteiger partial charge on any atom is 0.164 e. The third kappa shape index (κ3) is 1.74. The van der Waals surface area contributed by atoms with E-state index in [0.29, 0.717) is 0 Å². The number of halogens is 1. The third-order valence-corrected chi connectivity index (χ3v) is 3.20. The molecule has 17 heavy (non-hydrogen) atoms. The van der Waals surface area contributed by atoms with Crippen molar-refractivity contribution in [2.24, 2.45) is 0 Å². The van der Waals surface area contributed by atoms with Crippen LogP contribution in [0.25, 0.3) is 16.9 Å². The second-order valence-electron chi connectivity index (χ2n) is 3.82. The van der Waals surface area contributed by atoms with Gasteiger partial charge in [0, 0.05) is 16.4 Å². The Balaban J connectivity index is 2.29. The maximum atomic E-state index is 4.50. The Hall–Kier alpha value is -1.68. The second kappa shape index (κ2) is 3.96. The highest BCUT2D eigenvalue weighted by Gasteiger charge is 2.09.